The van der Waals surface area contributed by atoms with E-state index in [0.29, 0.717) is 5.92 Å². The minimum atomic E-state index is -0.122. The molecule has 0 radical (unpaired) electrons. The molecule has 1 fully saturated rings. The molecule has 0 spiro atoms. The molecule has 0 saturated heterocycles. The van der Waals surface area contributed by atoms with Crippen molar-refractivity contribution in [1.29, 1.82) is 0 Å². The maximum Gasteiger partial charge on any atom is 0.229 e. The molecular formula is C17H19ClN4O. The highest BCUT2D eigenvalue weighted by atomic mass is 35.5. The highest BCUT2D eigenvalue weighted by Crippen LogP contribution is 2.43. The number of fused-ring (bicyclic) bond motifs is 2. The number of anilines is 1. The quantitative estimate of drug-likeness (QED) is 0.849. The summed E-state index contributed by atoms with van der Waals surface area (Å²) in [5, 5.41) is 7.21. The van der Waals surface area contributed by atoms with Gasteiger partial charge in [-0.15, -0.1) is 12.4 Å². The summed E-state index contributed by atoms with van der Waals surface area (Å²) in [6.45, 7) is 0. The smallest absolute Gasteiger partial charge is 0.229 e. The highest BCUT2D eigenvalue weighted by molar-refractivity contribution is 5.94. The van der Waals surface area contributed by atoms with Crippen molar-refractivity contribution in [1.82, 2.24) is 9.78 Å². The molecule has 0 aliphatic heterocycles. The average Bonchev–Trinajstić information content (AvgIpc) is 3.24. The van der Waals surface area contributed by atoms with Crippen LogP contribution in [0.1, 0.15) is 6.42 Å². The van der Waals surface area contributed by atoms with Gasteiger partial charge in [0.2, 0.25) is 5.91 Å². The Bertz CT molecular complexity index is 728. The molecule has 1 aromatic heterocycles. The Morgan fingerprint density at radius 2 is 2.09 bits per heavy atom. The molecule has 4 atom stereocenters. The number of nitrogens with zero attached hydrogens (tertiary/aromatic N) is 2. The van der Waals surface area contributed by atoms with Crippen molar-refractivity contribution in [3.05, 3.63) is 54.9 Å². The second-order valence-corrected chi connectivity index (χ2v) is 6.04. The standard InChI is InChI=1S/C17H18N4O.ClH/c18-16-12-6-5-11(9-12)15(16)17(22)20-13-3-1-4-14(10-13)21-8-2-7-19-21;/h1-8,10-12,15-16H,9,18H2,(H,20,22);1H/t11-,12+,15-,16+;/m1./s1. The van der Waals surface area contributed by atoms with Crippen molar-refractivity contribution in [3.8, 4) is 5.69 Å². The van der Waals surface area contributed by atoms with Crippen LogP contribution in [0.25, 0.3) is 5.69 Å². The molecule has 2 aliphatic rings. The van der Waals surface area contributed by atoms with Gasteiger partial charge in [0.15, 0.2) is 0 Å². The largest absolute Gasteiger partial charge is 0.326 e. The van der Waals surface area contributed by atoms with Gasteiger partial charge in [0.1, 0.15) is 0 Å². The number of hydrogen-bond acceptors (Lipinski definition) is 3. The predicted molar refractivity (Wildman–Crippen MR) is 91.6 cm³/mol. The van der Waals surface area contributed by atoms with Crippen LogP contribution in [-0.2, 0) is 4.79 Å². The molecule has 120 valence electrons. The molecule has 2 aromatic rings. The molecule has 6 heteroatoms. The SMILES string of the molecule is Cl.N[C@@H]1[C@H](C(=O)Nc2cccc(-n3cccn3)c2)[C@@H]2C=C[C@H]1C2. The lowest BCUT2D eigenvalue weighted by atomic mass is 9.88. The highest BCUT2D eigenvalue weighted by Gasteiger charge is 2.46. The van der Waals surface area contributed by atoms with E-state index in [-0.39, 0.29) is 36.2 Å². The summed E-state index contributed by atoms with van der Waals surface area (Å²) in [4.78, 5) is 12.6. The molecule has 4 rings (SSSR count). The van der Waals surface area contributed by atoms with Gasteiger partial charge >= 0.3 is 0 Å². The molecule has 1 amide bonds. The molecule has 3 N–H and O–H groups in total. The van der Waals surface area contributed by atoms with Gasteiger partial charge in [-0.05, 0) is 42.5 Å². The minimum absolute atomic E-state index is 0. The molecule has 1 heterocycles. The van der Waals surface area contributed by atoms with E-state index in [1.165, 1.54) is 0 Å². The first kappa shape index (κ1) is 15.8. The first-order valence-corrected chi connectivity index (χ1v) is 7.57. The fourth-order valence-corrected chi connectivity index (χ4v) is 3.60. The summed E-state index contributed by atoms with van der Waals surface area (Å²) < 4.78 is 1.77. The van der Waals surface area contributed by atoms with E-state index in [0.717, 1.165) is 17.8 Å². The van der Waals surface area contributed by atoms with E-state index in [4.69, 9.17) is 5.73 Å². The number of amides is 1. The number of rotatable bonds is 3. The molecule has 23 heavy (non-hydrogen) atoms. The van der Waals surface area contributed by atoms with E-state index in [9.17, 15) is 4.79 Å². The van der Waals surface area contributed by atoms with Crippen LogP contribution in [0.5, 0.6) is 0 Å². The van der Waals surface area contributed by atoms with Gasteiger partial charge in [-0.3, -0.25) is 4.79 Å². The van der Waals surface area contributed by atoms with Gasteiger partial charge in [-0.1, -0.05) is 18.2 Å². The number of carbonyl (C=O) groups is 1. The number of allylic oxidation sites excluding steroid dienone is 1. The first-order chi connectivity index (χ1) is 10.7. The third kappa shape index (κ3) is 2.78. The van der Waals surface area contributed by atoms with Crippen molar-refractivity contribution >= 4 is 24.0 Å². The predicted octanol–water partition coefficient (Wildman–Crippen LogP) is 2.38. The van der Waals surface area contributed by atoms with Gasteiger partial charge in [-0.2, -0.15) is 5.10 Å². The molecular weight excluding hydrogens is 312 g/mol. The summed E-state index contributed by atoms with van der Waals surface area (Å²) in [6, 6.07) is 9.47. The third-order valence-corrected chi connectivity index (χ3v) is 4.71. The van der Waals surface area contributed by atoms with Gasteiger partial charge in [0.05, 0.1) is 11.6 Å². The minimum Gasteiger partial charge on any atom is -0.326 e. The fourth-order valence-electron chi connectivity index (χ4n) is 3.60. The van der Waals surface area contributed by atoms with Gasteiger partial charge in [-0.25, -0.2) is 4.68 Å². The average molecular weight is 331 g/mol. The number of halogens is 1. The number of nitrogens with one attached hydrogen (secondary N) is 1. The van der Waals surface area contributed by atoms with Gasteiger partial charge in [0.25, 0.3) is 0 Å². The van der Waals surface area contributed by atoms with E-state index < -0.39 is 0 Å². The summed E-state index contributed by atoms with van der Waals surface area (Å²) >= 11 is 0. The Balaban J connectivity index is 0.00000156. The number of benzene rings is 1. The van der Waals surface area contributed by atoms with Crippen molar-refractivity contribution in [3.63, 3.8) is 0 Å². The molecule has 0 unspecified atom stereocenters. The lowest BCUT2D eigenvalue weighted by molar-refractivity contribution is -0.120. The second kappa shape index (κ2) is 6.18. The summed E-state index contributed by atoms with van der Waals surface area (Å²) in [7, 11) is 0. The number of carbonyl (C=O) groups excluding carboxylic acids is 1. The topological polar surface area (TPSA) is 72.9 Å². The fraction of sp³-hybridized carbons (Fsp3) is 0.294. The van der Waals surface area contributed by atoms with E-state index in [1.54, 1.807) is 10.9 Å². The van der Waals surface area contributed by atoms with Crippen molar-refractivity contribution in [2.45, 2.75) is 12.5 Å². The Hall–Kier alpha value is -2.11. The second-order valence-electron chi connectivity index (χ2n) is 6.04. The Labute approximate surface area is 141 Å². The van der Waals surface area contributed by atoms with Crippen molar-refractivity contribution in [2.24, 2.45) is 23.5 Å². The van der Waals surface area contributed by atoms with Crippen LogP contribution in [0.15, 0.2) is 54.9 Å². The summed E-state index contributed by atoms with van der Waals surface area (Å²) in [5.74, 6) is 0.538. The zero-order chi connectivity index (χ0) is 15.1. The van der Waals surface area contributed by atoms with E-state index >= 15 is 0 Å². The Kier molecular flexibility index (Phi) is 4.24. The Morgan fingerprint density at radius 3 is 2.78 bits per heavy atom. The van der Waals surface area contributed by atoms with Crippen LogP contribution in [0.3, 0.4) is 0 Å². The monoisotopic (exact) mass is 330 g/mol. The Morgan fingerprint density at radius 1 is 1.26 bits per heavy atom. The third-order valence-electron chi connectivity index (χ3n) is 4.71. The van der Waals surface area contributed by atoms with Crippen LogP contribution in [0, 0.1) is 17.8 Å². The number of hydrogen-bond donors (Lipinski definition) is 2. The number of nitrogens with two attached hydrogens (primary N) is 1. The molecule has 2 aliphatic carbocycles. The van der Waals surface area contributed by atoms with Crippen molar-refractivity contribution in [2.75, 3.05) is 5.32 Å². The zero-order valence-electron chi connectivity index (χ0n) is 12.5. The first-order valence-electron chi connectivity index (χ1n) is 7.57. The summed E-state index contributed by atoms with van der Waals surface area (Å²) in [5.41, 5.74) is 7.89. The molecule has 1 aromatic carbocycles. The van der Waals surface area contributed by atoms with E-state index in [2.05, 4.69) is 22.6 Å². The molecule has 1 saturated carbocycles. The van der Waals surface area contributed by atoms with Crippen LogP contribution < -0.4 is 11.1 Å². The lowest BCUT2D eigenvalue weighted by Crippen LogP contribution is -2.41. The van der Waals surface area contributed by atoms with Crippen LogP contribution >= 0.6 is 12.4 Å². The van der Waals surface area contributed by atoms with Crippen molar-refractivity contribution < 1.29 is 4.79 Å². The normalized spacial score (nSPS) is 27.7. The number of aromatic nitrogens is 2. The molecule has 5 nitrogen and oxygen atoms in total. The molecule has 2 bridgehead atoms. The van der Waals surface area contributed by atoms with Crippen LogP contribution in [-0.4, -0.2) is 21.7 Å². The summed E-state index contributed by atoms with van der Waals surface area (Å²) in [6.07, 6.45) is 8.89. The lowest BCUT2D eigenvalue weighted by Gasteiger charge is -2.23. The van der Waals surface area contributed by atoms with Crippen LogP contribution in [0.4, 0.5) is 5.69 Å². The van der Waals surface area contributed by atoms with E-state index in [1.807, 2.05) is 36.5 Å². The van der Waals surface area contributed by atoms with Gasteiger partial charge < -0.3 is 11.1 Å². The van der Waals surface area contributed by atoms with Crippen LogP contribution in [0.2, 0.25) is 0 Å². The van der Waals surface area contributed by atoms with Gasteiger partial charge in [0, 0.05) is 24.1 Å². The zero-order valence-corrected chi connectivity index (χ0v) is 13.3. The maximum atomic E-state index is 12.6. The maximum absolute atomic E-state index is 12.6.